The van der Waals surface area contributed by atoms with E-state index in [1.165, 1.54) is 0 Å². The zero-order valence-corrected chi connectivity index (χ0v) is 3.66. The van der Waals surface area contributed by atoms with Gasteiger partial charge in [0.2, 0.25) is 0 Å². The first kappa shape index (κ1) is 5.56. The molecule has 0 atom stereocenters. The van der Waals surface area contributed by atoms with Crippen molar-refractivity contribution in [2.75, 3.05) is 6.00 Å². The molecule has 0 saturated carbocycles. The number of nitrogens with one attached hydrogen (secondary N) is 1. The Bertz CT molecular complexity index is 55.5. The maximum atomic E-state index is 9.29. The lowest BCUT2D eigenvalue weighted by atomic mass is 11.1. The first-order valence-electron chi connectivity index (χ1n) is 1.28. The SMILES string of the molecule is [O]C(=O)NCCl. The topological polar surface area (TPSA) is 49.0 Å². The zero-order chi connectivity index (χ0) is 4.99. The van der Waals surface area contributed by atoms with E-state index in [2.05, 4.69) is 0 Å². The van der Waals surface area contributed by atoms with E-state index in [0.717, 1.165) is 0 Å². The summed E-state index contributed by atoms with van der Waals surface area (Å²) in [4.78, 5) is 9.29. The summed E-state index contributed by atoms with van der Waals surface area (Å²) in [7, 11) is 0. The van der Waals surface area contributed by atoms with Crippen molar-refractivity contribution in [3.63, 3.8) is 0 Å². The Morgan fingerprint density at radius 3 is 2.33 bits per heavy atom. The fourth-order valence-electron chi connectivity index (χ4n) is 0.0546. The van der Waals surface area contributed by atoms with Crippen LogP contribution in [0.15, 0.2) is 0 Å². The van der Waals surface area contributed by atoms with Crippen molar-refractivity contribution in [2.45, 2.75) is 0 Å². The highest BCUT2D eigenvalue weighted by molar-refractivity contribution is 6.18. The molecule has 0 aromatic carbocycles. The van der Waals surface area contributed by atoms with E-state index in [0.29, 0.717) is 0 Å². The standard InChI is InChI=1S/C2H3ClNO2/c3-1-4-2(5)6/h4H,1H2. The van der Waals surface area contributed by atoms with Gasteiger partial charge in [-0.3, -0.25) is 0 Å². The Labute approximate surface area is 39.9 Å². The predicted molar refractivity (Wildman–Crippen MR) is 19.9 cm³/mol. The van der Waals surface area contributed by atoms with Gasteiger partial charge < -0.3 is 5.32 Å². The van der Waals surface area contributed by atoms with Crippen molar-refractivity contribution in [3.05, 3.63) is 0 Å². The molecule has 3 nitrogen and oxygen atoms in total. The van der Waals surface area contributed by atoms with Crippen LogP contribution >= 0.6 is 11.6 Å². The number of rotatable bonds is 1. The minimum absolute atomic E-state index is 0.109. The molecule has 0 aromatic rings. The molecular formula is C2H3ClNO2. The van der Waals surface area contributed by atoms with Crippen molar-refractivity contribution in [1.82, 2.24) is 5.32 Å². The van der Waals surface area contributed by atoms with Crippen molar-refractivity contribution in [3.8, 4) is 0 Å². The van der Waals surface area contributed by atoms with E-state index in [9.17, 15) is 9.90 Å². The van der Waals surface area contributed by atoms with Gasteiger partial charge in [-0.25, -0.2) is 9.90 Å². The number of halogens is 1. The lowest BCUT2D eigenvalue weighted by molar-refractivity contribution is 0.170. The second-order valence-corrected chi connectivity index (χ2v) is 0.865. The Balaban J connectivity index is 2.83. The summed E-state index contributed by atoms with van der Waals surface area (Å²) in [5.74, 6) is 0. The molecule has 0 fully saturated rings. The highest BCUT2D eigenvalue weighted by atomic mass is 35.5. The molecule has 0 aromatic heterocycles. The summed E-state index contributed by atoms with van der Waals surface area (Å²) < 4.78 is 0. The molecule has 6 heavy (non-hydrogen) atoms. The molecule has 0 aliphatic carbocycles. The molecule has 4 heteroatoms. The van der Waals surface area contributed by atoms with E-state index in [4.69, 9.17) is 11.6 Å². The first-order valence-corrected chi connectivity index (χ1v) is 1.81. The molecule has 1 N–H and O–H groups in total. The number of hydrogen-bond acceptors (Lipinski definition) is 1. The van der Waals surface area contributed by atoms with Crippen LogP contribution in [0, 0.1) is 0 Å². The minimum Gasteiger partial charge on any atom is -0.305 e. The fourth-order valence-corrected chi connectivity index (χ4v) is 0.164. The summed E-state index contributed by atoms with van der Waals surface area (Å²) in [5.41, 5.74) is 0. The summed E-state index contributed by atoms with van der Waals surface area (Å²) in [6.45, 7) is 0. The minimum atomic E-state index is -1.34. The van der Waals surface area contributed by atoms with Crippen molar-refractivity contribution >= 4 is 17.7 Å². The van der Waals surface area contributed by atoms with E-state index >= 15 is 0 Å². The second kappa shape index (κ2) is 2.78. The van der Waals surface area contributed by atoms with Crippen LogP contribution in [0.5, 0.6) is 0 Å². The van der Waals surface area contributed by atoms with Crippen molar-refractivity contribution < 1.29 is 9.90 Å². The molecule has 0 heterocycles. The highest BCUT2D eigenvalue weighted by Crippen LogP contribution is 1.64. The quantitative estimate of drug-likeness (QED) is 0.382. The summed E-state index contributed by atoms with van der Waals surface area (Å²) in [6, 6.07) is -0.109. The average Bonchev–Trinajstić information content (AvgIpc) is 1.35. The van der Waals surface area contributed by atoms with E-state index in [1.54, 1.807) is 5.32 Å². The third-order valence-electron chi connectivity index (χ3n) is 0.211. The first-order chi connectivity index (χ1) is 2.77. The molecule has 0 spiro atoms. The van der Waals surface area contributed by atoms with Gasteiger partial charge in [0, 0.05) is 0 Å². The van der Waals surface area contributed by atoms with Gasteiger partial charge in [-0.2, -0.15) is 0 Å². The smallest absolute Gasteiger partial charge is 0.305 e. The molecule has 0 bridgehead atoms. The van der Waals surface area contributed by atoms with Gasteiger partial charge in [-0.15, -0.1) is 11.6 Å². The monoisotopic (exact) mass is 108 g/mol. The second-order valence-electron chi connectivity index (χ2n) is 0.598. The third kappa shape index (κ3) is 3.56. The fraction of sp³-hybridized carbons (Fsp3) is 0.500. The predicted octanol–water partition coefficient (Wildman–Crippen LogP) is 0.323. The summed E-state index contributed by atoms with van der Waals surface area (Å²) >= 11 is 4.86. The highest BCUT2D eigenvalue weighted by Gasteiger charge is 1.88. The van der Waals surface area contributed by atoms with Crippen LogP contribution < -0.4 is 5.32 Å². The van der Waals surface area contributed by atoms with Gasteiger partial charge in [0.25, 0.3) is 0 Å². The van der Waals surface area contributed by atoms with Crippen LogP contribution in [0.2, 0.25) is 0 Å². The lowest BCUT2D eigenvalue weighted by Gasteiger charge is -1.81. The van der Waals surface area contributed by atoms with E-state index in [-0.39, 0.29) is 6.00 Å². The Kier molecular flexibility index (Phi) is 2.58. The number of carbonyl (C=O) groups excluding carboxylic acids is 1. The molecule has 35 valence electrons. The third-order valence-corrected chi connectivity index (χ3v) is 0.345. The van der Waals surface area contributed by atoms with Crippen LogP contribution in [-0.4, -0.2) is 12.1 Å². The van der Waals surface area contributed by atoms with E-state index < -0.39 is 6.09 Å². The van der Waals surface area contributed by atoms with Gasteiger partial charge in [-0.05, 0) is 0 Å². The zero-order valence-electron chi connectivity index (χ0n) is 2.90. The van der Waals surface area contributed by atoms with Crippen molar-refractivity contribution in [2.24, 2.45) is 0 Å². The lowest BCUT2D eigenvalue weighted by Crippen LogP contribution is -2.16. The van der Waals surface area contributed by atoms with Crippen LogP contribution in [0.1, 0.15) is 0 Å². The van der Waals surface area contributed by atoms with E-state index in [1.807, 2.05) is 0 Å². The van der Waals surface area contributed by atoms with Crippen LogP contribution in [0.3, 0.4) is 0 Å². The number of alkyl halides is 1. The molecular weight excluding hydrogens is 105 g/mol. The molecule has 0 unspecified atom stereocenters. The summed E-state index contributed by atoms with van der Waals surface area (Å²) in [6.07, 6.45) is -1.34. The molecule has 0 aliphatic rings. The number of hydrogen-bond donors (Lipinski definition) is 1. The normalized spacial score (nSPS) is 7.50. The molecule has 0 aliphatic heterocycles. The molecule has 0 saturated heterocycles. The maximum absolute atomic E-state index is 9.29. The Hall–Kier alpha value is -0.440. The van der Waals surface area contributed by atoms with Gasteiger partial charge in [-0.1, -0.05) is 0 Å². The molecule has 0 rings (SSSR count). The van der Waals surface area contributed by atoms with Crippen LogP contribution in [-0.2, 0) is 5.11 Å². The van der Waals surface area contributed by atoms with Crippen LogP contribution in [0.4, 0.5) is 4.79 Å². The van der Waals surface area contributed by atoms with Crippen LogP contribution in [0.25, 0.3) is 0 Å². The molecule has 1 amide bonds. The average molecular weight is 109 g/mol. The van der Waals surface area contributed by atoms with Gasteiger partial charge >= 0.3 is 6.09 Å². The maximum Gasteiger partial charge on any atom is 0.451 e. The summed E-state index contributed by atoms with van der Waals surface area (Å²) in [5, 5.41) is 11.1. The number of amides is 1. The van der Waals surface area contributed by atoms with Gasteiger partial charge in [0.1, 0.15) is 0 Å². The molecule has 1 radical (unpaired) electrons. The number of carbonyl (C=O) groups is 1. The Morgan fingerprint density at radius 1 is 1.83 bits per heavy atom. The largest absolute Gasteiger partial charge is 0.451 e. The van der Waals surface area contributed by atoms with Gasteiger partial charge in [0.15, 0.2) is 0 Å². The Morgan fingerprint density at radius 2 is 2.33 bits per heavy atom. The van der Waals surface area contributed by atoms with Crippen molar-refractivity contribution in [1.29, 1.82) is 0 Å². The van der Waals surface area contributed by atoms with Gasteiger partial charge in [0.05, 0.1) is 6.00 Å².